The van der Waals surface area contributed by atoms with Crippen LogP contribution in [0.2, 0.25) is 0 Å². The van der Waals surface area contributed by atoms with Crippen LogP contribution >= 0.6 is 0 Å². The lowest BCUT2D eigenvalue weighted by Crippen LogP contribution is -2.54. The molecule has 0 bridgehead atoms. The molecule has 0 aliphatic carbocycles. The first-order chi connectivity index (χ1) is 11.5. The van der Waals surface area contributed by atoms with Crippen LogP contribution in [0.1, 0.15) is 26.7 Å². The Kier molecular flexibility index (Phi) is 6.84. The van der Waals surface area contributed by atoms with Crippen molar-refractivity contribution in [3.05, 3.63) is 0 Å². The predicted octanol–water partition coefficient (Wildman–Crippen LogP) is -0.112. The second-order valence-electron chi connectivity index (χ2n) is 6.16. The van der Waals surface area contributed by atoms with Gasteiger partial charge >= 0.3 is 17.9 Å². The van der Waals surface area contributed by atoms with Gasteiger partial charge < -0.3 is 24.8 Å². The number of nitrogens with zero attached hydrogens (tertiary/aromatic N) is 3. The van der Waals surface area contributed by atoms with Crippen molar-refractivity contribution in [2.75, 3.05) is 52.4 Å². The van der Waals surface area contributed by atoms with Crippen LogP contribution in [0.15, 0.2) is 0 Å². The Morgan fingerprint density at radius 3 is 2.12 bits per heavy atom. The molecule has 0 aromatic carbocycles. The van der Waals surface area contributed by atoms with Crippen molar-refractivity contribution < 1.29 is 19.1 Å². The Hall–Kier alpha value is -1.83. The number of likely N-dealkylation sites (tertiary alicyclic amines) is 1. The zero-order valence-corrected chi connectivity index (χ0v) is 14.6. The lowest BCUT2D eigenvalue weighted by Gasteiger charge is -2.34. The normalized spacial score (nSPS) is 19.9. The van der Waals surface area contributed by atoms with Gasteiger partial charge in [0.05, 0.1) is 6.61 Å². The summed E-state index contributed by atoms with van der Waals surface area (Å²) in [6, 6.07) is -0.0657. The number of piperidine rings is 1. The number of hydrogen-bond donors (Lipinski definition) is 1. The molecule has 1 N–H and O–H groups in total. The summed E-state index contributed by atoms with van der Waals surface area (Å²) < 4.78 is 4.97. The van der Waals surface area contributed by atoms with Gasteiger partial charge in [-0.25, -0.2) is 4.79 Å². The minimum absolute atomic E-state index is 0.0657. The van der Waals surface area contributed by atoms with Gasteiger partial charge in [0.2, 0.25) is 0 Å². The van der Waals surface area contributed by atoms with Crippen molar-refractivity contribution in [3.63, 3.8) is 0 Å². The summed E-state index contributed by atoms with van der Waals surface area (Å²) in [7, 11) is 0. The van der Waals surface area contributed by atoms with Crippen LogP contribution in [0.25, 0.3) is 0 Å². The second kappa shape index (κ2) is 8.86. The maximum Gasteiger partial charge on any atom is 0.409 e. The topological polar surface area (TPSA) is 82.2 Å². The van der Waals surface area contributed by atoms with Crippen LogP contribution in [0.4, 0.5) is 4.79 Å². The van der Waals surface area contributed by atoms with Gasteiger partial charge in [0.15, 0.2) is 0 Å². The lowest BCUT2D eigenvalue weighted by molar-refractivity contribution is -0.147. The number of hydrogen-bond acceptors (Lipinski definition) is 5. The molecular formula is C16H28N4O4. The molecule has 0 saturated carbocycles. The molecule has 2 aliphatic heterocycles. The number of carbonyl (C=O) groups excluding carboxylic acids is 3. The van der Waals surface area contributed by atoms with E-state index in [4.69, 9.17) is 4.74 Å². The fourth-order valence-electron chi connectivity index (χ4n) is 3.08. The number of rotatable bonds is 3. The minimum Gasteiger partial charge on any atom is -0.450 e. The molecule has 0 aromatic rings. The molecule has 0 atom stereocenters. The minimum atomic E-state index is -0.533. The van der Waals surface area contributed by atoms with Gasteiger partial charge in [0.25, 0.3) is 0 Å². The summed E-state index contributed by atoms with van der Waals surface area (Å²) in [5.41, 5.74) is 0. The van der Waals surface area contributed by atoms with Crippen molar-refractivity contribution in [1.82, 2.24) is 20.0 Å². The summed E-state index contributed by atoms with van der Waals surface area (Å²) >= 11 is 0. The highest BCUT2D eigenvalue weighted by Crippen LogP contribution is 2.12. The molecule has 0 aromatic heterocycles. The fourth-order valence-corrected chi connectivity index (χ4v) is 3.08. The molecule has 3 amide bonds. The summed E-state index contributed by atoms with van der Waals surface area (Å²) in [5, 5.41) is 2.81. The first kappa shape index (κ1) is 18.5. The SMILES string of the molecule is CCOC(=O)N1CCC(NC(=O)C(=O)N2CCN(CC)CC2)CC1. The first-order valence-electron chi connectivity index (χ1n) is 8.79. The van der Waals surface area contributed by atoms with E-state index in [1.807, 2.05) is 0 Å². The average Bonchev–Trinajstić information content (AvgIpc) is 2.62. The van der Waals surface area contributed by atoms with Crippen LogP contribution in [-0.2, 0) is 14.3 Å². The number of piperazine rings is 1. The van der Waals surface area contributed by atoms with Crippen LogP contribution in [0.3, 0.4) is 0 Å². The maximum atomic E-state index is 12.2. The molecule has 24 heavy (non-hydrogen) atoms. The average molecular weight is 340 g/mol. The fraction of sp³-hybridized carbons (Fsp3) is 0.812. The van der Waals surface area contributed by atoms with Crippen LogP contribution < -0.4 is 5.32 Å². The summed E-state index contributed by atoms with van der Waals surface area (Å²) in [5.74, 6) is -0.979. The quantitative estimate of drug-likeness (QED) is 0.725. The Morgan fingerprint density at radius 2 is 1.58 bits per heavy atom. The molecule has 2 saturated heterocycles. The summed E-state index contributed by atoms with van der Waals surface area (Å²) in [4.78, 5) is 41.6. The van der Waals surface area contributed by atoms with E-state index in [1.54, 1.807) is 16.7 Å². The predicted molar refractivity (Wildman–Crippen MR) is 88.5 cm³/mol. The molecule has 8 nitrogen and oxygen atoms in total. The number of ether oxygens (including phenoxy) is 1. The number of nitrogens with one attached hydrogen (secondary N) is 1. The van der Waals surface area contributed by atoms with Crippen molar-refractivity contribution in [2.24, 2.45) is 0 Å². The van der Waals surface area contributed by atoms with Gasteiger partial charge in [-0.2, -0.15) is 0 Å². The highest BCUT2D eigenvalue weighted by atomic mass is 16.6. The number of amides is 3. The molecule has 0 unspecified atom stereocenters. The molecule has 8 heteroatoms. The van der Waals surface area contributed by atoms with Gasteiger partial charge in [-0.05, 0) is 26.3 Å². The van der Waals surface area contributed by atoms with E-state index < -0.39 is 11.8 Å². The maximum absolute atomic E-state index is 12.2. The second-order valence-corrected chi connectivity index (χ2v) is 6.16. The third kappa shape index (κ3) is 4.83. The number of carbonyl (C=O) groups is 3. The van der Waals surface area contributed by atoms with Crippen molar-refractivity contribution >= 4 is 17.9 Å². The molecule has 136 valence electrons. The van der Waals surface area contributed by atoms with Gasteiger partial charge in [-0.15, -0.1) is 0 Å². The Morgan fingerprint density at radius 1 is 0.958 bits per heavy atom. The zero-order valence-electron chi connectivity index (χ0n) is 14.6. The summed E-state index contributed by atoms with van der Waals surface area (Å²) in [6.45, 7) is 9.08. The van der Waals surface area contributed by atoms with E-state index in [0.29, 0.717) is 45.6 Å². The van der Waals surface area contributed by atoms with Crippen molar-refractivity contribution in [3.8, 4) is 0 Å². The smallest absolute Gasteiger partial charge is 0.409 e. The van der Waals surface area contributed by atoms with E-state index in [1.165, 1.54) is 0 Å². The Balaban J connectivity index is 1.73. The van der Waals surface area contributed by atoms with Gasteiger partial charge in [0.1, 0.15) is 0 Å². The van der Waals surface area contributed by atoms with E-state index in [0.717, 1.165) is 19.6 Å². The lowest BCUT2D eigenvalue weighted by atomic mass is 10.1. The van der Waals surface area contributed by atoms with Crippen molar-refractivity contribution in [1.29, 1.82) is 0 Å². The number of likely N-dealkylation sites (N-methyl/N-ethyl adjacent to an activating group) is 1. The highest BCUT2D eigenvalue weighted by Gasteiger charge is 2.29. The molecule has 2 rings (SSSR count). The first-order valence-corrected chi connectivity index (χ1v) is 8.79. The zero-order chi connectivity index (χ0) is 17.5. The molecule has 2 heterocycles. The Bertz CT molecular complexity index is 455. The van der Waals surface area contributed by atoms with Crippen molar-refractivity contribution in [2.45, 2.75) is 32.7 Å². The molecule has 0 spiro atoms. The van der Waals surface area contributed by atoms with E-state index >= 15 is 0 Å². The van der Waals surface area contributed by atoms with E-state index in [-0.39, 0.29) is 12.1 Å². The van der Waals surface area contributed by atoms with E-state index in [2.05, 4.69) is 17.1 Å². The molecule has 0 radical (unpaired) electrons. The summed E-state index contributed by atoms with van der Waals surface area (Å²) in [6.07, 6.45) is 0.968. The van der Waals surface area contributed by atoms with Gasteiger partial charge in [-0.3, -0.25) is 9.59 Å². The van der Waals surface area contributed by atoms with Crippen LogP contribution in [-0.4, -0.2) is 91.1 Å². The molecule has 2 fully saturated rings. The van der Waals surface area contributed by atoms with Gasteiger partial charge in [0, 0.05) is 45.3 Å². The van der Waals surface area contributed by atoms with Gasteiger partial charge in [-0.1, -0.05) is 6.92 Å². The highest BCUT2D eigenvalue weighted by molar-refractivity contribution is 6.35. The Labute approximate surface area is 143 Å². The standard InChI is InChI=1S/C16H28N4O4/c1-3-18-9-11-19(12-10-18)15(22)14(21)17-13-5-7-20(8-6-13)16(23)24-4-2/h13H,3-12H2,1-2H3,(H,17,21). The third-order valence-corrected chi connectivity index (χ3v) is 4.66. The van der Waals surface area contributed by atoms with Crippen LogP contribution in [0.5, 0.6) is 0 Å². The molecular weight excluding hydrogens is 312 g/mol. The third-order valence-electron chi connectivity index (χ3n) is 4.66. The van der Waals surface area contributed by atoms with E-state index in [9.17, 15) is 14.4 Å². The molecule has 2 aliphatic rings. The van der Waals surface area contributed by atoms with Crippen LogP contribution in [0, 0.1) is 0 Å². The monoisotopic (exact) mass is 340 g/mol. The largest absolute Gasteiger partial charge is 0.450 e.